The molecule has 34 heteroatoms. The summed E-state index contributed by atoms with van der Waals surface area (Å²) >= 11 is 0. The summed E-state index contributed by atoms with van der Waals surface area (Å²) in [6.45, 7) is 17.6. The Labute approximate surface area is 598 Å². The van der Waals surface area contributed by atoms with Gasteiger partial charge in [0, 0.05) is 76.9 Å². The third kappa shape index (κ3) is 24.2. The van der Waals surface area contributed by atoms with E-state index in [9.17, 15) is 80.2 Å². The molecule has 103 heavy (non-hydrogen) atoms. The predicted molar refractivity (Wildman–Crippen MR) is 369 cm³/mol. The van der Waals surface area contributed by atoms with Crippen LogP contribution in [0.5, 0.6) is 5.75 Å². The highest BCUT2D eigenvalue weighted by atomic mass is 19.2. The number of piperidine rings is 1. The molecule has 2 aromatic carbocycles. The fourth-order valence-electron chi connectivity index (χ4n) is 13.1. The number of likely N-dealkylation sites (N-methyl/N-ethyl adjacent to an activating group) is 2. The summed E-state index contributed by atoms with van der Waals surface area (Å²) in [5.74, 6) is -22.7. The van der Waals surface area contributed by atoms with E-state index in [4.69, 9.17) is 15.2 Å². The SMILES string of the molecule is CC[C@H](C)[C@@H]([C@@H](CC(=O)N1CCC[C@H]1[C@H](OC)[C@@H](C)C(=O)N[C@@H](CN=[N+]=[N-])C(=O)NCc1ccc(NC(=O)[C@H](CCCNC(N)=O)NC(=O)[C@@H](NC(=O)CCC(=O)N2CCC(C(=O)Oc3c(F)c(F)c(F)c(F)c3F)CC2C)C(C)C)cc1)OC)N(C)C(=O)[C@@H](NC(=O)[C@H](C(C)C)N(C)C)C(C)C. The first kappa shape index (κ1) is 86.7. The molecule has 0 bridgehead atoms. The Morgan fingerprint density at radius 2 is 1.31 bits per heavy atom. The van der Waals surface area contributed by atoms with Crippen molar-refractivity contribution >= 4 is 70.9 Å². The number of likely N-dealkylation sites (tertiary alicyclic amines) is 2. The quantitative estimate of drug-likeness (QED) is 0.00476. The number of azide groups is 1. The molecule has 2 heterocycles. The monoisotopic (exact) mass is 1460 g/mol. The molecule has 0 spiro atoms. The van der Waals surface area contributed by atoms with Crippen LogP contribution < -0.4 is 47.7 Å². The van der Waals surface area contributed by atoms with E-state index in [1.54, 1.807) is 56.7 Å². The summed E-state index contributed by atoms with van der Waals surface area (Å²) in [5, 5.41) is 22.4. The van der Waals surface area contributed by atoms with Gasteiger partial charge in [-0.3, -0.25) is 52.8 Å². The third-order valence-electron chi connectivity index (χ3n) is 18.9. The molecule has 2 aromatic rings. The van der Waals surface area contributed by atoms with E-state index in [1.165, 1.54) is 31.3 Å². The number of primary amides is 1. The molecule has 0 saturated carbocycles. The van der Waals surface area contributed by atoms with Gasteiger partial charge in [0.05, 0.1) is 55.1 Å². The second-order valence-electron chi connectivity index (χ2n) is 27.6. The molecule has 2 unspecified atom stereocenters. The average Bonchev–Trinajstić information content (AvgIpc) is 1.25. The summed E-state index contributed by atoms with van der Waals surface area (Å²) in [7, 11) is 8.18. The Balaban J connectivity index is 1.37. The maximum Gasteiger partial charge on any atom is 0.314 e. The van der Waals surface area contributed by atoms with Gasteiger partial charge in [0.1, 0.15) is 24.2 Å². The number of rotatable bonds is 38. The molecular formula is C69H104F5N15O14. The number of amides is 11. The van der Waals surface area contributed by atoms with Crippen LogP contribution in [0.3, 0.4) is 0 Å². The number of anilines is 1. The number of hydrogen-bond acceptors (Lipinski definition) is 16. The van der Waals surface area contributed by atoms with Crippen LogP contribution in [0.15, 0.2) is 29.4 Å². The molecule has 13 atom stereocenters. The maximum atomic E-state index is 14.5. The number of esters is 1. The topological polar surface area (TPSA) is 387 Å². The molecule has 11 amide bonds. The average molecular weight is 1460 g/mol. The highest BCUT2D eigenvalue weighted by Crippen LogP contribution is 2.34. The van der Waals surface area contributed by atoms with Crippen LogP contribution in [0.4, 0.5) is 32.4 Å². The third-order valence-corrected chi connectivity index (χ3v) is 18.9. The zero-order valence-electron chi connectivity index (χ0n) is 61.5. The van der Waals surface area contributed by atoms with Crippen LogP contribution >= 0.6 is 0 Å². The van der Waals surface area contributed by atoms with E-state index in [1.807, 2.05) is 60.5 Å². The molecule has 0 radical (unpaired) electrons. The van der Waals surface area contributed by atoms with E-state index in [2.05, 4.69) is 52.0 Å². The van der Waals surface area contributed by atoms with Crippen molar-refractivity contribution in [2.45, 2.75) is 201 Å². The first-order chi connectivity index (χ1) is 48.5. The smallest absolute Gasteiger partial charge is 0.314 e. The Kier molecular flexibility index (Phi) is 34.4. The van der Waals surface area contributed by atoms with E-state index < -0.39 is 174 Å². The van der Waals surface area contributed by atoms with Crippen LogP contribution in [-0.4, -0.2) is 207 Å². The summed E-state index contributed by atoms with van der Waals surface area (Å²) in [5.41, 5.74) is 15.3. The molecule has 2 fully saturated rings. The first-order valence-corrected chi connectivity index (χ1v) is 34.7. The fraction of sp³-hybridized carbons (Fsp3) is 0.667. The Morgan fingerprint density at radius 1 is 0.699 bits per heavy atom. The number of carbonyl (C=O) groups is 11. The summed E-state index contributed by atoms with van der Waals surface area (Å²) in [6, 6.07) is -1.73. The molecule has 0 aliphatic carbocycles. The molecule has 0 aromatic heterocycles. The highest BCUT2D eigenvalue weighted by Gasteiger charge is 2.45. The summed E-state index contributed by atoms with van der Waals surface area (Å²) in [6.07, 6.45) is -0.966. The van der Waals surface area contributed by atoms with Crippen LogP contribution in [0.2, 0.25) is 0 Å². The summed E-state index contributed by atoms with van der Waals surface area (Å²) < 4.78 is 86.1. The zero-order chi connectivity index (χ0) is 77.4. The Bertz CT molecular complexity index is 3310. The minimum absolute atomic E-state index is 0.0250. The minimum Gasteiger partial charge on any atom is -0.420 e. The van der Waals surface area contributed by atoms with Crippen molar-refractivity contribution in [3.05, 3.63) is 69.4 Å². The molecule has 9 N–H and O–H groups in total. The Hall–Kier alpha value is -8.75. The van der Waals surface area contributed by atoms with Gasteiger partial charge >= 0.3 is 12.0 Å². The van der Waals surface area contributed by atoms with Gasteiger partial charge in [-0.1, -0.05) is 86.0 Å². The number of urea groups is 1. The van der Waals surface area contributed by atoms with Crippen LogP contribution in [0.25, 0.3) is 10.4 Å². The number of carbonyl (C=O) groups excluding carboxylic acids is 11. The van der Waals surface area contributed by atoms with Gasteiger partial charge in [0.25, 0.3) is 0 Å². The van der Waals surface area contributed by atoms with Crippen molar-refractivity contribution in [2.75, 3.05) is 66.9 Å². The minimum atomic E-state index is -2.43. The number of nitrogens with two attached hydrogens (primary N) is 1. The largest absolute Gasteiger partial charge is 0.420 e. The second-order valence-corrected chi connectivity index (χ2v) is 27.6. The first-order valence-electron chi connectivity index (χ1n) is 34.7. The lowest BCUT2D eigenvalue weighted by atomic mass is 9.89. The molecule has 574 valence electrons. The number of nitrogens with zero attached hydrogens (tertiary/aromatic N) is 7. The fourth-order valence-corrected chi connectivity index (χ4v) is 13.1. The van der Waals surface area contributed by atoms with Gasteiger partial charge < -0.3 is 71.9 Å². The lowest BCUT2D eigenvalue weighted by Crippen LogP contribution is -2.59. The highest BCUT2D eigenvalue weighted by molar-refractivity contribution is 5.99. The van der Waals surface area contributed by atoms with Crippen molar-refractivity contribution in [1.82, 2.24) is 51.5 Å². The number of hydrogen-bond donors (Lipinski definition) is 8. The van der Waals surface area contributed by atoms with E-state index in [0.29, 0.717) is 31.4 Å². The molecule has 4 rings (SSSR count). The van der Waals surface area contributed by atoms with Gasteiger partial charge in [-0.15, -0.1) is 0 Å². The van der Waals surface area contributed by atoms with Crippen molar-refractivity contribution in [3.63, 3.8) is 0 Å². The summed E-state index contributed by atoms with van der Waals surface area (Å²) in [4.78, 5) is 158. The number of halogens is 5. The van der Waals surface area contributed by atoms with E-state index in [0.717, 1.165) is 0 Å². The number of nitrogens with one attached hydrogen (secondary N) is 7. The number of ether oxygens (including phenoxy) is 3. The lowest BCUT2D eigenvalue weighted by Gasteiger charge is -2.41. The number of benzene rings is 2. The van der Waals surface area contributed by atoms with Gasteiger partial charge in [-0.05, 0) is 106 Å². The molecule has 2 saturated heterocycles. The van der Waals surface area contributed by atoms with E-state index in [-0.39, 0.29) is 99.3 Å². The van der Waals surface area contributed by atoms with Crippen LogP contribution in [-0.2, 0) is 64.0 Å². The zero-order valence-corrected chi connectivity index (χ0v) is 61.5. The normalized spacial score (nSPS) is 18.2. The molecule has 2 aliphatic rings. The van der Waals surface area contributed by atoms with Gasteiger partial charge in [0.15, 0.2) is 0 Å². The maximum absolute atomic E-state index is 14.5. The lowest BCUT2D eigenvalue weighted by molar-refractivity contribution is -0.148. The molecule has 29 nitrogen and oxygen atoms in total. The predicted octanol–water partition coefficient (Wildman–Crippen LogP) is 5.47. The van der Waals surface area contributed by atoms with Crippen LogP contribution in [0.1, 0.15) is 139 Å². The van der Waals surface area contributed by atoms with Crippen molar-refractivity contribution in [3.8, 4) is 5.75 Å². The van der Waals surface area contributed by atoms with Gasteiger partial charge in [0.2, 0.25) is 88.0 Å². The van der Waals surface area contributed by atoms with E-state index >= 15 is 0 Å². The van der Waals surface area contributed by atoms with Gasteiger partial charge in [-0.25, -0.2) is 18.0 Å². The van der Waals surface area contributed by atoms with Gasteiger partial charge in [-0.2, -0.15) is 8.78 Å². The second kappa shape index (κ2) is 40.9. The number of methoxy groups -OCH3 is 2. The Morgan fingerprint density at radius 3 is 1.85 bits per heavy atom. The molecule has 2 aliphatic heterocycles. The molecular weight excluding hydrogens is 1360 g/mol. The van der Waals surface area contributed by atoms with Crippen molar-refractivity contribution in [2.24, 2.45) is 46.4 Å². The standard InChI is InChI=1S/C69H104F5N15O14/c1-16-38(8)59(87(13)67(98)57(36(4)5)84-66(97)58(37(6)7)86(11)12)47(101-14)32-50(92)89-29-18-20-46(89)60(102-15)40(10)62(93)82-45(34-79-85-76)63(94)78-33-41-21-23-43(24-22-41)80-64(95)44(19-17-28-77-69(75)100)81-65(96)56(35(2)3)83-48(90)25-26-49(91)88-30-27-42(31-39(88)9)68(99)103-61-54(73)52(71)51(70)53(72)55(61)74/h21-24,35-40,42,44-47,56-60H,16-20,25-34H2,1-15H3,(H,78,94)(H,80,95)(H,81,96)(H,82,93)(H,83,90)(H,84,97)(H3,75,77,100)/t38-,39?,40+,42?,44-,45-,46-,47+,56-,57-,58-,59-,60+/m0/s1. The van der Waals surface area contributed by atoms with Crippen molar-refractivity contribution in [1.29, 1.82) is 0 Å². The van der Waals surface area contributed by atoms with Crippen LogP contribution in [0, 0.1) is 64.6 Å². The van der Waals surface area contributed by atoms with Crippen molar-refractivity contribution < 1.29 is 88.9 Å².